The predicted octanol–water partition coefficient (Wildman–Crippen LogP) is 3.36. The van der Waals surface area contributed by atoms with Crippen molar-refractivity contribution in [2.24, 2.45) is 0 Å². The van der Waals surface area contributed by atoms with Crippen molar-refractivity contribution in [3.8, 4) is 17.6 Å². The largest absolute Gasteiger partial charge is 0.497 e. The molecule has 118 valence electrons. The molecular formula is C19H19NO3. The number of rotatable bonds is 5. The molecule has 0 aliphatic heterocycles. The molecule has 4 nitrogen and oxygen atoms in total. The third kappa shape index (κ3) is 6.15. The minimum absolute atomic E-state index is 0.268. The number of hydrogen-bond donors (Lipinski definition) is 1. The van der Waals surface area contributed by atoms with Gasteiger partial charge in [-0.15, -0.1) is 0 Å². The molecule has 0 heterocycles. The molecule has 0 saturated carbocycles. The molecule has 0 saturated heterocycles. The Hall–Kier alpha value is -2.93. The van der Waals surface area contributed by atoms with E-state index in [1.54, 1.807) is 7.11 Å². The van der Waals surface area contributed by atoms with Crippen LogP contribution < -0.4 is 10.1 Å². The van der Waals surface area contributed by atoms with Crippen molar-refractivity contribution < 1.29 is 14.3 Å². The molecular weight excluding hydrogens is 290 g/mol. The average molecular weight is 309 g/mol. The summed E-state index contributed by atoms with van der Waals surface area (Å²) in [6.07, 6.45) is 0.132. The summed E-state index contributed by atoms with van der Waals surface area (Å²) in [5.74, 6) is 6.84. The Balaban J connectivity index is 1.65. The van der Waals surface area contributed by atoms with Crippen molar-refractivity contribution in [2.75, 3.05) is 13.7 Å². The van der Waals surface area contributed by atoms with E-state index in [0.717, 1.165) is 16.9 Å². The van der Waals surface area contributed by atoms with E-state index in [1.165, 1.54) is 0 Å². The smallest absolute Gasteiger partial charge is 0.407 e. The number of carbonyl (C=O) groups is 1. The number of hydrogen-bond acceptors (Lipinski definition) is 3. The van der Waals surface area contributed by atoms with Gasteiger partial charge < -0.3 is 14.8 Å². The first-order valence-corrected chi connectivity index (χ1v) is 7.35. The summed E-state index contributed by atoms with van der Waals surface area (Å²) in [6.45, 7) is 0.723. The Morgan fingerprint density at radius 1 is 1.09 bits per heavy atom. The molecule has 1 N–H and O–H groups in total. The van der Waals surface area contributed by atoms with E-state index in [0.29, 0.717) is 13.0 Å². The van der Waals surface area contributed by atoms with Crippen LogP contribution in [0.3, 0.4) is 0 Å². The maximum absolute atomic E-state index is 11.5. The van der Waals surface area contributed by atoms with Gasteiger partial charge in [0.25, 0.3) is 0 Å². The van der Waals surface area contributed by atoms with Gasteiger partial charge in [0, 0.05) is 18.5 Å². The molecule has 2 aromatic rings. The fraction of sp³-hybridized carbons (Fsp3) is 0.211. The van der Waals surface area contributed by atoms with Gasteiger partial charge in [0.05, 0.1) is 7.11 Å². The molecule has 4 heteroatoms. The predicted molar refractivity (Wildman–Crippen MR) is 89.1 cm³/mol. The van der Waals surface area contributed by atoms with Crippen molar-refractivity contribution >= 4 is 6.09 Å². The number of ether oxygens (including phenoxy) is 2. The number of benzene rings is 2. The summed E-state index contributed by atoms with van der Waals surface area (Å²) in [6, 6.07) is 17.1. The molecule has 1 amide bonds. The van der Waals surface area contributed by atoms with Gasteiger partial charge in [0.15, 0.2) is 0 Å². The van der Waals surface area contributed by atoms with E-state index in [2.05, 4.69) is 17.2 Å². The Morgan fingerprint density at radius 3 is 2.52 bits per heavy atom. The zero-order chi connectivity index (χ0) is 16.3. The topological polar surface area (TPSA) is 47.6 Å². The Morgan fingerprint density at radius 2 is 1.83 bits per heavy atom. The van der Waals surface area contributed by atoms with Crippen molar-refractivity contribution in [2.45, 2.75) is 13.0 Å². The molecule has 0 aliphatic rings. The molecule has 0 fully saturated rings. The maximum atomic E-state index is 11.5. The number of methoxy groups -OCH3 is 1. The maximum Gasteiger partial charge on any atom is 0.407 e. The van der Waals surface area contributed by atoms with E-state index in [1.807, 2.05) is 54.6 Å². The standard InChI is InChI=1S/C19H19NO3/c1-22-18-12-10-16(11-13-18)7-5-6-14-20-19(21)23-15-17-8-3-2-4-9-17/h2-4,8-13H,6,14-15H2,1H3,(H,20,21). The van der Waals surface area contributed by atoms with Crippen LogP contribution in [-0.4, -0.2) is 19.7 Å². The lowest BCUT2D eigenvalue weighted by atomic mass is 10.2. The summed E-state index contributed by atoms with van der Waals surface area (Å²) in [7, 11) is 1.63. The van der Waals surface area contributed by atoms with Gasteiger partial charge in [-0.2, -0.15) is 0 Å². The van der Waals surface area contributed by atoms with Gasteiger partial charge >= 0.3 is 6.09 Å². The van der Waals surface area contributed by atoms with Crippen LogP contribution >= 0.6 is 0 Å². The molecule has 0 spiro atoms. The number of carbonyl (C=O) groups excluding carboxylic acids is 1. The van der Waals surface area contributed by atoms with Crippen LogP contribution in [-0.2, 0) is 11.3 Å². The highest BCUT2D eigenvalue weighted by Crippen LogP contribution is 2.10. The second kappa shape index (κ2) is 9.16. The first kappa shape index (κ1) is 16.4. The average Bonchev–Trinajstić information content (AvgIpc) is 2.61. The minimum atomic E-state index is -0.430. The van der Waals surface area contributed by atoms with Crippen LogP contribution in [0.15, 0.2) is 54.6 Å². The van der Waals surface area contributed by atoms with Gasteiger partial charge in [0.1, 0.15) is 12.4 Å². The van der Waals surface area contributed by atoms with E-state index in [4.69, 9.17) is 9.47 Å². The first-order chi connectivity index (χ1) is 11.3. The highest BCUT2D eigenvalue weighted by molar-refractivity contribution is 5.67. The second-order valence-electron chi connectivity index (χ2n) is 4.77. The summed E-state index contributed by atoms with van der Waals surface area (Å²) >= 11 is 0. The Bertz CT molecular complexity index is 669. The lowest BCUT2D eigenvalue weighted by molar-refractivity contribution is 0.140. The summed E-state index contributed by atoms with van der Waals surface area (Å²) in [5, 5.41) is 2.67. The lowest BCUT2D eigenvalue weighted by Crippen LogP contribution is -2.24. The van der Waals surface area contributed by atoms with E-state index < -0.39 is 6.09 Å². The quantitative estimate of drug-likeness (QED) is 0.680. The number of alkyl carbamates (subject to hydrolysis) is 1. The molecule has 0 aromatic heterocycles. The minimum Gasteiger partial charge on any atom is -0.497 e. The first-order valence-electron chi connectivity index (χ1n) is 7.35. The zero-order valence-corrected chi connectivity index (χ0v) is 13.0. The molecule has 2 rings (SSSR count). The SMILES string of the molecule is COc1ccc(C#CCCNC(=O)OCc2ccccc2)cc1. The molecule has 0 bridgehead atoms. The highest BCUT2D eigenvalue weighted by Gasteiger charge is 2.00. The lowest BCUT2D eigenvalue weighted by Gasteiger charge is -2.05. The molecule has 2 aromatic carbocycles. The summed E-state index contributed by atoms with van der Waals surface area (Å²) in [5.41, 5.74) is 1.87. The zero-order valence-electron chi connectivity index (χ0n) is 13.0. The monoisotopic (exact) mass is 309 g/mol. The van der Waals surface area contributed by atoms with Crippen LogP contribution in [0.1, 0.15) is 17.5 Å². The van der Waals surface area contributed by atoms with E-state index in [-0.39, 0.29) is 6.61 Å². The fourth-order valence-corrected chi connectivity index (χ4v) is 1.84. The van der Waals surface area contributed by atoms with Crippen LogP contribution in [0.5, 0.6) is 5.75 Å². The van der Waals surface area contributed by atoms with Crippen LogP contribution in [0.4, 0.5) is 4.79 Å². The third-order valence-electron chi connectivity index (χ3n) is 3.05. The van der Waals surface area contributed by atoms with Gasteiger partial charge in [-0.05, 0) is 29.8 Å². The van der Waals surface area contributed by atoms with Gasteiger partial charge in [-0.25, -0.2) is 4.79 Å². The fourth-order valence-electron chi connectivity index (χ4n) is 1.84. The van der Waals surface area contributed by atoms with E-state index in [9.17, 15) is 4.79 Å². The van der Waals surface area contributed by atoms with Crippen LogP contribution in [0.2, 0.25) is 0 Å². The van der Waals surface area contributed by atoms with Crippen molar-refractivity contribution in [1.82, 2.24) is 5.32 Å². The van der Waals surface area contributed by atoms with Crippen molar-refractivity contribution in [3.05, 3.63) is 65.7 Å². The third-order valence-corrected chi connectivity index (χ3v) is 3.05. The van der Waals surface area contributed by atoms with Gasteiger partial charge in [-0.3, -0.25) is 0 Å². The molecule has 0 radical (unpaired) electrons. The highest BCUT2D eigenvalue weighted by atomic mass is 16.5. The number of nitrogens with one attached hydrogen (secondary N) is 1. The van der Waals surface area contributed by atoms with Crippen LogP contribution in [0, 0.1) is 11.8 Å². The van der Waals surface area contributed by atoms with E-state index >= 15 is 0 Å². The Kier molecular flexibility index (Phi) is 6.55. The molecule has 0 aliphatic carbocycles. The van der Waals surface area contributed by atoms with Crippen LogP contribution in [0.25, 0.3) is 0 Å². The summed E-state index contributed by atoms with van der Waals surface area (Å²) < 4.78 is 10.2. The normalized spacial score (nSPS) is 9.43. The van der Waals surface area contributed by atoms with Crippen molar-refractivity contribution in [3.63, 3.8) is 0 Å². The molecule has 0 atom stereocenters. The second-order valence-corrected chi connectivity index (χ2v) is 4.77. The summed E-state index contributed by atoms with van der Waals surface area (Å²) in [4.78, 5) is 11.5. The molecule has 0 unspecified atom stereocenters. The van der Waals surface area contributed by atoms with Crippen molar-refractivity contribution in [1.29, 1.82) is 0 Å². The van der Waals surface area contributed by atoms with Gasteiger partial charge in [-0.1, -0.05) is 42.2 Å². The molecule has 23 heavy (non-hydrogen) atoms. The van der Waals surface area contributed by atoms with Gasteiger partial charge in [0.2, 0.25) is 0 Å². The number of amides is 1. The Labute approximate surface area is 136 Å².